The van der Waals surface area contributed by atoms with E-state index >= 15 is 0 Å². The van der Waals surface area contributed by atoms with Gasteiger partial charge in [-0.3, -0.25) is 0 Å². The van der Waals surface area contributed by atoms with Crippen LogP contribution in [0.25, 0.3) is 16.6 Å². The molecule has 13 heteroatoms. The van der Waals surface area contributed by atoms with Crippen LogP contribution in [-0.4, -0.2) is 61.3 Å². The number of halogens is 1. The molecule has 4 aromatic rings. The Morgan fingerprint density at radius 1 is 1.05 bits per heavy atom. The average molecular weight is 561 g/mol. The van der Waals surface area contributed by atoms with Gasteiger partial charge in [-0.05, 0) is 35.7 Å². The summed E-state index contributed by atoms with van der Waals surface area (Å²) in [7, 11) is 0.889. The number of hydrogen-bond acceptors (Lipinski definition) is 8. The highest BCUT2D eigenvalue weighted by Crippen LogP contribution is 2.30. The van der Waals surface area contributed by atoms with Gasteiger partial charge in [-0.1, -0.05) is 23.7 Å². The average Bonchev–Trinajstić information content (AvgIpc) is 3.29. The summed E-state index contributed by atoms with van der Waals surface area (Å²) in [5, 5.41) is 14.3. The zero-order valence-corrected chi connectivity index (χ0v) is 22.3. The molecule has 0 aliphatic rings. The van der Waals surface area contributed by atoms with Crippen molar-refractivity contribution in [3.8, 4) is 22.9 Å². The third-order valence-electron chi connectivity index (χ3n) is 5.84. The van der Waals surface area contributed by atoms with Crippen molar-refractivity contribution in [3.63, 3.8) is 0 Å². The van der Waals surface area contributed by atoms with Crippen molar-refractivity contribution in [2.45, 2.75) is 13.0 Å². The van der Waals surface area contributed by atoms with Gasteiger partial charge in [0.15, 0.2) is 5.69 Å². The number of ether oxygens (including phenoxy) is 3. The molecule has 2 aromatic carbocycles. The topological polar surface area (TPSA) is 142 Å². The Bertz CT molecular complexity index is 1610. The number of aryl methyl sites for hydroxylation is 1. The lowest BCUT2D eigenvalue weighted by atomic mass is 10.1. The number of carboxylic acids is 1. The molecule has 0 radical (unpaired) electrons. The summed E-state index contributed by atoms with van der Waals surface area (Å²) in [6.07, 6.45) is 1.60. The largest absolute Gasteiger partial charge is 0.497 e. The minimum atomic E-state index is -3.62. The van der Waals surface area contributed by atoms with E-state index in [0.29, 0.717) is 39.4 Å². The van der Waals surface area contributed by atoms with Gasteiger partial charge in [0, 0.05) is 24.9 Å². The Morgan fingerprint density at radius 2 is 1.82 bits per heavy atom. The van der Waals surface area contributed by atoms with Crippen molar-refractivity contribution in [2.24, 2.45) is 0 Å². The maximum Gasteiger partial charge on any atom is 0.357 e. The molecule has 0 unspecified atom stereocenters. The molecule has 0 saturated carbocycles. The second kappa shape index (κ2) is 11.3. The van der Waals surface area contributed by atoms with Crippen LogP contribution >= 0.6 is 11.6 Å². The number of methoxy groups -OCH3 is 3. The van der Waals surface area contributed by atoms with Crippen LogP contribution in [0.3, 0.4) is 0 Å². The summed E-state index contributed by atoms with van der Waals surface area (Å²) in [6.45, 7) is 0.0225. The summed E-state index contributed by atoms with van der Waals surface area (Å²) in [5.74, 6) is 0.172. The SMILES string of the molecule is COc1ccc(CCS(=O)(=O)NCc2ccc(-n3nc(C(=O)O)c4cnc(Cl)cc43)c(OC)c2)c(OC)c1. The van der Waals surface area contributed by atoms with Crippen molar-refractivity contribution >= 4 is 38.5 Å². The molecule has 0 aliphatic carbocycles. The first-order valence-corrected chi connectivity index (χ1v) is 13.3. The number of carbonyl (C=O) groups is 1. The van der Waals surface area contributed by atoms with Gasteiger partial charge >= 0.3 is 5.97 Å². The van der Waals surface area contributed by atoms with Crippen LogP contribution < -0.4 is 18.9 Å². The van der Waals surface area contributed by atoms with Crippen LogP contribution in [-0.2, 0) is 23.0 Å². The number of carboxylic acid groups (broad SMARTS) is 1. The van der Waals surface area contributed by atoms with Crippen molar-refractivity contribution in [3.05, 3.63) is 70.6 Å². The Balaban J connectivity index is 1.52. The number of aromatic nitrogens is 3. The fourth-order valence-electron chi connectivity index (χ4n) is 3.90. The maximum atomic E-state index is 12.7. The predicted octanol–water partition coefficient (Wildman–Crippen LogP) is 3.46. The summed E-state index contributed by atoms with van der Waals surface area (Å²) in [5.41, 5.74) is 2.07. The molecule has 0 aliphatic heterocycles. The highest BCUT2D eigenvalue weighted by atomic mass is 35.5. The highest BCUT2D eigenvalue weighted by Gasteiger charge is 2.20. The van der Waals surface area contributed by atoms with Gasteiger partial charge in [-0.25, -0.2) is 27.6 Å². The van der Waals surface area contributed by atoms with E-state index in [1.807, 2.05) is 0 Å². The number of sulfonamides is 1. The smallest absolute Gasteiger partial charge is 0.357 e. The number of fused-ring (bicyclic) bond motifs is 1. The lowest BCUT2D eigenvalue weighted by Gasteiger charge is -2.13. The number of nitrogens with zero attached hydrogens (tertiary/aromatic N) is 3. The highest BCUT2D eigenvalue weighted by molar-refractivity contribution is 7.89. The lowest BCUT2D eigenvalue weighted by Crippen LogP contribution is -2.27. The molecule has 200 valence electrons. The molecule has 0 bridgehead atoms. The second-order valence-corrected chi connectivity index (χ2v) is 10.5. The molecular weight excluding hydrogens is 536 g/mol. The van der Waals surface area contributed by atoms with Crippen molar-refractivity contribution in [1.82, 2.24) is 19.5 Å². The van der Waals surface area contributed by atoms with Crippen LogP contribution in [0.4, 0.5) is 0 Å². The lowest BCUT2D eigenvalue weighted by molar-refractivity contribution is 0.0692. The molecule has 11 nitrogen and oxygen atoms in total. The minimum Gasteiger partial charge on any atom is -0.497 e. The number of pyridine rings is 1. The molecule has 38 heavy (non-hydrogen) atoms. The fraction of sp³-hybridized carbons (Fsp3) is 0.240. The van der Waals surface area contributed by atoms with Gasteiger partial charge in [0.05, 0.1) is 38.0 Å². The molecule has 0 saturated heterocycles. The van der Waals surface area contributed by atoms with E-state index in [-0.39, 0.29) is 29.6 Å². The van der Waals surface area contributed by atoms with Gasteiger partial charge in [0.1, 0.15) is 28.1 Å². The third kappa shape index (κ3) is 5.82. The van der Waals surface area contributed by atoms with Crippen LogP contribution in [0.2, 0.25) is 5.15 Å². The molecule has 2 aromatic heterocycles. The van der Waals surface area contributed by atoms with Crippen molar-refractivity contribution < 1.29 is 32.5 Å². The minimum absolute atomic E-state index is 0.0225. The summed E-state index contributed by atoms with van der Waals surface area (Å²) in [4.78, 5) is 15.6. The standard InChI is InChI=1S/C25H25ClN4O7S/c1-35-17-6-5-16(21(11-17)36-2)8-9-38(33,34)28-13-15-4-7-19(22(10-15)37-3)30-20-12-23(26)27-14-18(20)24(29-30)25(31)32/h4-7,10-12,14,28H,8-9,13H2,1-3H3,(H,31,32). The van der Waals surface area contributed by atoms with Gasteiger partial charge in [-0.15, -0.1) is 0 Å². The summed E-state index contributed by atoms with van der Waals surface area (Å²) < 4.78 is 45.4. The monoisotopic (exact) mass is 560 g/mol. The van der Waals surface area contributed by atoms with E-state index < -0.39 is 16.0 Å². The van der Waals surface area contributed by atoms with Crippen LogP contribution in [0.5, 0.6) is 17.2 Å². The van der Waals surface area contributed by atoms with E-state index in [9.17, 15) is 18.3 Å². The predicted molar refractivity (Wildman–Crippen MR) is 141 cm³/mol. The number of nitrogens with one attached hydrogen (secondary N) is 1. The Morgan fingerprint density at radius 3 is 2.50 bits per heavy atom. The number of hydrogen-bond donors (Lipinski definition) is 2. The van der Waals surface area contributed by atoms with E-state index in [4.69, 9.17) is 25.8 Å². The molecule has 2 N–H and O–H groups in total. The number of rotatable bonds is 11. The van der Waals surface area contributed by atoms with E-state index in [0.717, 1.165) is 5.56 Å². The molecular formula is C25H25ClN4O7S. The molecule has 4 rings (SSSR count). The molecule has 2 heterocycles. The molecule has 0 atom stereocenters. The number of aromatic carboxylic acids is 1. The Labute approximate surface area is 224 Å². The Hall–Kier alpha value is -3.87. The van der Waals surface area contributed by atoms with Crippen LogP contribution in [0, 0.1) is 0 Å². The van der Waals surface area contributed by atoms with Gasteiger partial charge in [0.2, 0.25) is 10.0 Å². The second-order valence-electron chi connectivity index (χ2n) is 8.16. The molecule has 0 spiro atoms. The van der Waals surface area contributed by atoms with Gasteiger partial charge in [0.25, 0.3) is 0 Å². The quantitative estimate of drug-likeness (QED) is 0.264. The van der Waals surface area contributed by atoms with Crippen LogP contribution in [0.15, 0.2) is 48.7 Å². The number of benzene rings is 2. The van der Waals surface area contributed by atoms with Crippen molar-refractivity contribution in [2.75, 3.05) is 27.1 Å². The van der Waals surface area contributed by atoms with E-state index in [2.05, 4.69) is 14.8 Å². The van der Waals surface area contributed by atoms with E-state index in [1.54, 1.807) is 43.5 Å². The van der Waals surface area contributed by atoms with E-state index in [1.165, 1.54) is 31.2 Å². The zero-order valence-electron chi connectivity index (χ0n) is 20.8. The maximum absolute atomic E-state index is 12.7. The van der Waals surface area contributed by atoms with Gasteiger partial charge in [-0.2, -0.15) is 5.10 Å². The van der Waals surface area contributed by atoms with Crippen LogP contribution in [0.1, 0.15) is 21.6 Å². The Kier molecular flexibility index (Phi) is 8.05. The zero-order chi connectivity index (χ0) is 27.4. The van der Waals surface area contributed by atoms with Crippen molar-refractivity contribution in [1.29, 1.82) is 0 Å². The molecule has 0 fully saturated rings. The first-order valence-electron chi connectivity index (χ1n) is 11.3. The van der Waals surface area contributed by atoms with Gasteiger partial charge < -0.3 is 19.3 Å². The first kappa shape index (κ1) is 27.2. The summed E-state index contributed by atoms with van der Waals surface area (Å²) in [6, 6.07) is 11.8. The fourth-order valence-corrected chi connectivity index (χ4v) is 5.07. The third-order valence-corrected chi connectivity index (χ3v) is 7.37. The normalized spacial score (nSPS) is 11.5. The first-order chi connectivity index (χ1) is 18.2. The summed E-state index contributed by atoms with van der Waals surface area (Å²) >= 11 is 6.04. The molecule has 0 amide bonds.